The maximum atomic E-state index is 12.1. The number of carbonyl (C=O) groups excluding carboxylic acids is 2. The first-order valence-corrected chi connectivity index (χ1v) is 7.73. The van der Waals surface area contributed by atoms with Gasteiger partial charge in [0.2, 0.25) is 0 Å². The highest BCUT2D eigenvalue weighted by atomic mass is 79.9. The van der Waals surface area contributed by atoms with Gasteiger partial charge in [-0.3, -0.25) is 14.5 Å². The number of halogens is 1. The topological polar surface area (TPSA) is 37.4 Å². The van der Waals surface area contributed by atoms with Gasteiger partial charge in [0, 0.05) is 11.0 Å². The Balaban J connectivity index is 2.18. The summed E-state index contributed by atoms with van der Waals surface area (Å²) in [7, 11) is 0. The molecule has 0 aliphatic carbocycles. The van der Waals surface area contributed by atoms with Crippen LogP contribution >= 0.6 is 27.7 Å². The van der Waals surface area contributed by atoms with E-state index in [0.29, 0.717) is 11.4 Å². The SMILES string of the molecule is CCCCN1C(=O)S/C(=C\c2cccc(Br)c2)C1=O. The molecule has 0 atom stereocenters. The number of benzene rings is 1. The molecule has 1 fully saturated rings. The first-order valence-electron chi connectivity index (χ1n) is 6.12. The molecule has 19 heavy (non-hydrogen) atoms. The van der Waals surface area contributed by atoms with E-state index in [2.05, 4.69) is 15.9 Å². The molecule has 0 radical (unpaired) electrons. The fourth-order valence-corrected chi connectivity index (χ4v) is 3.04. The second-order valence-corrected chi connectivity index (χ2v) is 6.15. The number of imide groups is 1. The van der Waals surface area contributed by atoms with Crippen molar-refractivity contribution in [2.24, 2.45) is 0 Å². The lowest BCUT2D eigenvalue weighted by atomic mass is 10.2. The molecular weight excluding hydrogens is 326 g/mol. The summed E-state index contributed by atoms with van der Waals surface area (Å²) in [4.78, 5) is 25.7. The van der Waals surface area contributed by atoms with Crippen molar-refractivity contribution < 1.29 is 9.59 Å². The summed E-state index contributed by atoms with van der Waals surface area (Å²) >= 11 is 4.40. The molecule has 1 heterocycles. The van der Waals surface area contributed by atoms with Crippen LogP contribution in [0.4, 0.5) is 4.79 Å². The van der Waals surface area contributed by atoms with E-state index >= 15 is 0 Å². The van der Waals surface area contributed by atoms with Gasteiger partial charge in [-0.15, -0.1) is 0 Å². The summed E-state index contributed by atoms with van der Waals surface area (Å²) < 4.78 is 0.950. The molecule has 1 aliphatic rings. The highest BCUT2D eigenvalue weighted by Gasteiger charge is 2.34. The summed E-state index contributed by atoms with van der Waals surface area (Å²) in [5.41, 5.74) is 0.912. The number of rotatable bonds is 4. The number of hydrogen-bond donors (Lipinski definition) is 0. The van der Waals surface area contributed by atoms with Gasteiger partial charge in [-0.05, 0) is 42.0 Å². The van der Waals surface area contributed by atoms with E-state index in [-0.39, 0.29) is 11.1 Å². The highest BCUT2D eigenvalue weighted by Crippen LogP contribution is 2.32. The summed E-state index contributed by atoms with van der Waals surface area (Å²) in [6, 6.07) is 7.65. The highest BCUT2D eigenvalue weighted by molar-refractivity contribution is 9.10. The van der Waals surface area contributed by atoms with Crippen molar-refractivity contribution in [3.63, 3.8) is 0 Å². The maximum Gasteiger partial charge on any atom is 0.293 e. The minimum Gasteiger partial charge on any atom is -0.268 e. The fourth-order valence-electron chi connectivity index (χ4n) is 1.76. The Morgan fingerprint density at radius 2 is 2.16 bits per heavy atom. The van der Waals surface area contributed by atoms with Crippen LogP contribution in [0.2, 0.25) is 0 Å². The van der Waals surface area contributed by atoms with Gasteiger partial charge < -0.3 is 0 Å². The Bertz CT molecular complexity index is 542. The summed E-state index contributed by atoms with van der Waals surface area (Å²) in [6.07, 6.45) is 3.58. The molecule has 0 aromatic heterocycles. The van der Waals surface area contributed by atoms with Crippen LogP contribution < -0.4 is 0 Å². The molecular formula is C14H14BrNO2S. The summed E-state index contributed by atoms with van der Waals surface area (Å²) in [5, 5.41) is -0.167. The molecule has 2 amide bonds. The third kappa shape index (κ3) is 3.48. The second kappa shape index (κ2) is 6.39. The van der Waals surface area contributed by atoms with Gasteiger partial charge in [-0.1, -0.05) is 41.4 Å². The van der Waals surface area contributed by atoms with Crippen LogP contribution in [0, 0.1) is 0 Å². The van der Waals surface area contributed by atoms with Crippen LogP contribution in [-0.4, -0.2) is 22.6 Å². The van der Waals surface area contributed by atoms with Crippen molar-refractivity contribution >= 4 is 44.9 Å². The summed E-state index contributed by atoms with van der Waals surface area (Å²) in [6.45, 7) is 2.55. The number of carbonyl (C=O) groups is 2. The van der Waals surface area contributed by atoms with Crippen molar-refractivity contribution in [2.45, 2.75) is 19.8 Å². The Morgan fingerprint density at radius 1 is 1.37 bits per heavy atom. The Hall–Kier alpha value is -1.07. The average Bonchev–Trinajstić information content (AvgIpc) is 2.62. The Labute approximate surface area is 125 Å². The van der Waals surface area contributed by atoms with Gasteiger partial charge in [0.05, 0.1) is 4.91 Å². The maximum absolute atomic E-state index is 12.1. The van der Waals surface area contributed by atoms with Crippen LogP contribution in [0.3, 0.4) is 0 Å². The van der Waals surface area contributed by atoms with Crippen molar-refractivity contribution in [3.05, 3.63) is 39.2 Å². The Kier molecular flexibility index (Phi) is 4.82. The van der Waals surface area contributed by atoms with Gasteiger partial charge in [-0.25, -0.2) is 0 Å². The number of nitrogens with zero attached hydrogens (tertiary/aromatic N) is 1. The lowest BCUT2D eigenvalue weighted by Crippen LogP contribution is -2.29. The molecule has 0 unspecified atom stereocenters. The second-order valence-electron chi connectivity index (χ2n) is 4.24. The molecule has 1 aliphatic heterocycles. The van der Waals surface area contributed by atoms with Gasteiger partial charge in [-0.2, -0.15) is 0 Å². The van der Waals surface area contributed by atoms with E-state index in [1.54, 1.807) is 6.08 Å². The summed E-state index contributed by atoms with van der Waals surface area (Å²) in [5.74, 6) is -0.177. The fraction of sp³-hybridized carbons (Fsp3) is 0.286. The van der Waals surface area contributed by atoms with Crippen LogP contribution in [-0.2, 0) is 4.79 Å². The van der Waals surface area contributed by atoms with Crippen molar-refractivity contribution in [2.75, 3.05) is 6.54 Å². The van der Waals surface area contributed by atoms with Crippen molar-refractivity contribution in [1.82, 2.24) is 4.90 Å². The third-order valence-corrected chi connectivity index (χ3v) is 4.16. The molecule has 0 spiro atoms. The third-order valence-electron chi connectivity index (χ3n) is 2.76. The molecule has 5 heteroatoms. The van der Waals surface area contributed by atoms with Gasteiger partial charge in [0.25, 0.3) is 11.1 Å². The zero-order valence-electron chi connectivity index (χ0n) is 10.6. The number of amides is 2. The van der Waals surface area contributed by atoms with E-state index in [1.165, 1.54) is 4.90 Å². The van der Waals surface area contributed by atoms with Crippen molar-refractivity contribution in [3.8, 4) is 0 Å². The normalized spacial score (nSPS) is 17.6. The lowest BCUT2D eigenvalue weighted by molar-refractivity contribution is -0.122. The van der Waals surface area contributed by atoms with E-state index in [1.807, 2.05) is 31.2 Å². The van der Waals surface area contributed by atoms with Gasteiger partial charge in [0.15, 0.2) is 0 Å². The van der Waals surface area contributed by atoms with E-state index in [9.17, 15) is 9.59 Å². The molecule has 0 N–H and O–H groups in total. The molecule has 1 saturated heterocycles. The number of unbranched alkanes of at least 4 members (excludes halogenated alkanes) is 1. The quantitative estimate of drug-likeness (QED) is 0.768. The molecule has 1 aromatic rings. The van der Waals surface area contributed by atoms with E-state index in [0.717, 1.165) is 34.6 Å². The lowest BCUT2D eigenvalue weighted by Gasteiger charge is -2.10. The van der Waals surface area contributed by atoms with Crippen LogP contribution in [0.25, 0.3) is 6.08 Å². The van der Waals surface area contributed by atoms with Gasteiger partial charge in [0.1, 0.15) is 0 Å². The standard InChI is InChI=1S/C14H14BrNO2S/c1-2-3-7-16-13(17)12(19-14(16)18)9-10-5-4-6-11(15)8-10/h4-6,8-9H,2-3,7H2,1H3/b12-9-. The minimum atomic E-state index is -0.177. The average molecular weight is 340 g/mol. The number of thioether (sulfide) groups is 1. The smallest absolute Gasteiger partial charge is 0.268 e. The molecule has 3 nitrogen and oxygen atoms in total. The molecule has 2 rings (SSSR count). The van der Waals surface area contributed by atoms with E-state index < -0.39 is 0 Å². The predicted octanol–water partition coefficient (Wildman–Crippen LogP) is 4.29. The minimum absolute atomic E-state index is 0.167. The number of hydrogen-bond acceptors (Lipinski definition) is 3. The largest absolute Gasteiger partial charge is 0.293 e. The van der Waals surface area contributed by atoms with E-state index in [4.69, 9.17) is 0 Å². The monoisotopic (exact) mass is 339 g/mol. The first kappa shape index (κ1) is 14.3. The van der Waals surface area contributed by atoms with Crippen molar-refractivity contribution in [1.29, 1.82) is 0 Å². The molecule has 100 valence electrons. The zero-order valence-corrected chi connectivity index (χ0v) is 13.0. The predicted molar refractivity (Wildman–Crippen MR) is 81.7 cm³/mol. The molecule has 0 saturated carbocycles. The van der Waals surface area contributed by atoms with Crippen LogP contribution in [0.5, 0.6) is 0 Å². The Morgan fingerprint density at radius 3 is 2.84 bits per heavy atom. The van der Waals surface area contributed by atoms with Crippen LogP contribution in [0.15, 0.2) is 33.6 Å². The van der Waals surface area contributed by atoms with Gasteiger partial charge >= 0.3 is 0 Å². The molecule has 0 bridgehead atoms. The molecule has 1 aromatic carbocycles. The zero-order chi connectivity index (χ0) is 13.8. The first-order chi connectivity index (χ1) is 9.11. The van der Waals surface area contributed by atoms with Crippen LogP contribution in [0.1, 0.15) is 25.3 Å².